The molecule has 0 fully saturated rings. The number of aromatic nitrogens is 2. The molecule has 0 saturated heterocycles. The molecule has 144 valence electrons. The third kappa shape index (κ3) is 5.85. The molecule has 1 aromatic carbocycles. The van der Waals surface area contributed by atoms with Gasteiger partial charge in [-0.1, -0.05) is 6.07 Å². The first-order valence-corrected chi connectivity index (χ1v) is 8.21. The number of rotatable bonds is 7. The predicted octanol–water partition coefficient (Wildman–Crippen LogP) is 1.76. The van der Waals surface area contributed by atoms with Crippen LogP contribution in [-0.4, -0.2) is 33.8 Å². The summed E-state index contributed by atoms with van der Waals surface area (Å²) >= 11 is 5.65. The van der Waals surface area contributed by atoms with Gasteiger partial charge in [0.15, 0.2) is 5.82 Å². The second-order valence-electron chi connectivity index (χ2n) is 5.77. The van der Waals surface area contributed by atoms with Gasteiger partial charge in [0.2, 0.25) is 5.91 Å². The van der Waals surface area contributed by atoms with Crippen molar-refractivity contribution in [2.24, 2.45) is 5.73 Å². The molecule has 0 radical (unpaired) electrons. The number of hydrogen-bond acceptors (Lipinski definition) is 3. The van der Waals surface area contributed by atoms with E-state index in [-0.39, 0.29) is 23.2 Å². The summed E-state index contributed by atoms with van der Waals surface area (Å²) in [5.41, 5.74) is 7.93. The van der Waals surface area contributed by atoms with Crippen LogP contribution in [-0.2, 0) is 0 Å². The summed E-state index contributed by atoms with van der Waals surface area (Å²) < 4.78 is 37.1. The van der Waals surface area contributed by atoms with Gasteiger partial charge >= 0.3 is 6.18 Å². The number of nitrogens with one attached hydrogen (secondary N) is 2. The van der Waals surface area contributed by atoms with E-state index >= 15 is 0 Å². The normalized spacial score (nSPS) is 12.1. The number of benzene rings is 1. The largest absolute Gasteiger partial charge is 0.390 e. The maximum atomic E-state index is 12.4. The van der Waals surface area contributed by atoms with Gasteiger partial charge in [-0.05, 0) is 41.8 Å². The lowest BCUT2D eigenvalue weighted by atomic mass is 10.0. The number of alkyl halides is 3. The van der Waals surface area contributed by atoms with Gasteiger partial charge in [0.1, 0.15) is 0 Å². The highest BCUT2D eigenvalue weighted by atomic mass is 35.5. The van der Waals surface area contributed by atoms with E-state index in [0.29, 0.717) is 16.8 Å². The van der Waals surface area contributed by atoms with Crippen LogP contribution in [0.15, 0.2) is 30.5 Å². The molecule has 0 spiro atoms. The van der Waals surface area contributed by atoms with Gasteiger partial charge in [-0.3, -0.25) is 4.79 Å². The molecule has 0 bridgehead atoms. The zero-order chi connectivity index (χ0) is 20.2. The number of amides is 1. The average Bonchev–Trinajstić information content (AvgIpc) is 3.01. The van der Waals surface area contributed by atoms with Crippen molar-refractivity contribution >= 4 is 28.4 Å². The number of nitrogens with zero attached hydrogens (tertiary/aromatic N) is 1. The summed E-state index contributed by atoms with van der Waals surface area (Å²) in [6.07, 6.45) is -2.52. The lowest BCUT2D eigenvalue weighted by Gasteiger charge is -2.10. The van der Waals surface area contributed by atoms with Crippen LogP contribution in [0.3, 0.4) is 0 Å². The molecular formula is C17H18ClF3N5O+. The lowest BCUT2D eigenvalue weighted by molar-refractivity contribution is -0.132. The van der Waals surface area contributed by atoms with Gasteiger partial charge in [-0.15, -0.1) is 0 Å². The van der Waals surface area contributed by atoms with Crippen LogP contribution in [0.25, 0.3) is 17.0 Å². The van der Waals surface area contributed by atoms with Gasteiger partial charge in [-0.25, -0.2) is 10.4 Å². The van der Waals surface area contributed by atoms with Gasteiger partial charge < -0.3 is 16.0 Å². The minimum atomic E-state index is -4.29. The summed E-state index contributed by atoms with van der Waals surface area (Å²) in [6, 6.07) is 5.03. The van der Waals surface area contributed by atoms with E-state index in [1.54, 1.807) is 25.1 Å². The molecule has 2 aromatic rings. The molecule has 10 heteroatoms. The van der Waals surface area contributed by atoms with Gasteiger partial charge in [-0.2, -0.15) is 13.2 Å². The molecule has 0 atom stereocenters. The number of carbonyl (C=O) groups excluding carboxylic acids is 1. The first-order valence-electron chi connectivity index (χ1n) is 7.83. The van der Waals surface area contributed by atoms with Crippen molar-refractivity contribution < 1.29 is 23.4 Å². The number of primary amides is 1. The Bertz CT molecular complexity index is 889. The Balaban J connectivity index is 2.25. The second-order valence-corrected chi connectivity index (χ2v) is 6.21. The first-order chi connectivity index (χ1) is 12.6. The Hall–Kier alpha value is -2.81. The summed E-state index contributed by atoms with van der Waals surface area (Å²) in [5.74, 6) is -0.260. The highest BCUT2D eigenvalue weighted by Crippen LogP contribution is 2.23. The topological polar surface area (TPSA) is 109 Å². The van der Waals surface area contributed by atoms with Gasteiger partial charge in [0.25, 0.3) is 5.17 Å². The molecule has 27 heavy (non-hydrogen) atoms. The number of nitrogens with two attached hydrogens (primary N) is 2. The van der Waals surface area contributed by atoms with Crippen molar-refractivity contribution in [2.45, 2.75) is 19.5 Å². The van der Waals surface area contributed by atoms with E-state index in [4.69, 9.17) is 22.7 Å². The monoisotopic (exact) mass is 400 g/mol. The number of halogens is 4. The molecular weight excluding hydrogens is 383 g/mol. The Labute approximate surface area is 158 Å². The summed E-state index contributed by atoms with van der Waals surface area (Å²) in [6.45, 7) is 1.38. The van der Waals surface area contributed by atoms with E-state index in [2.05, 4.69) is 15.3 Å². The quantitative estimate of drug-likeness (QED) is 0.531. The lowest BCUT2D eigenvalue weighted by Crippen LogP contribution is -2.35. The van der Waals surface area contributed by atoms with Crippen LogP contribution >= 0.6 is 11.6 Å². The number of aryl methyl sites for hydroxylation is 1. The Morgan fingerprint density at radius 2 is 2.15 bits per heavy atom. The fourth-order valence-corrected chi connectivity index (χ4v) is 2.50. The van der Waals surface area contributed by atoms with Crippen molar-refractivity contribution in [3.05, 3.63) is 47.4 Å². The molecule has 6 nitrogen and oxygen atoms in total. The molecule has 6 N–H and O–H groups in total. The van der Waals surface area contributed by atoms with Gasteiger partial charge in [0.05, 0.1) is 24.0 Å². The SMILES string of the molecule is Cc1cc(-c2cnc(/C(=C\C(=[NH2+])Cl)NCCC(F)(F)F)[nH]2)ccc1C(N)=O. The number of aromatic amines is 1. The number of carbonyl (C=O) groups is 1. The van der Waals surface area contributed by atoms with Crippen molar-refractivity contribution in [3.8, 4) is 11.3 Å². The zero-order valence-electron chi connectivity index (χ0n) is 14.3. The molecule has 2 rings (SSSR count). The van der Waals surface area contributed by atoms with Crippen molar-refractivity contribution in [3.63, 3.8) is 0 Å². The van der Waals surface area contributed by atoms with Crippen molar-refractivity contribution in [1.82, 2.24) is 15.3 Å². The van der Waals surface area contributed by atoms with Crippen LogP contribution in [0, 0.1) is 6.92 Å². The Morgan fingerprint density at radius 1 is 1.44 bits per heavy atom. The van der Waals surface area contributed by atoms with Gasteiger partial charge in [0, 0.05) is 18.2 Å². The average molecular weight is 401 g/mol. The third-order valence-corrected chi connectivity index (χ3v) is 3.75. The van der Waals surface area contributed by atoms with E-state index in [0.717, 1.165) is 5.56 Å². The van der Waals surface area contributed by atoms with Crippen LogP contribution in [0.1, 0.15) is 28.2 Å². The summed E-state index contributed by atoms with van der Waals surface area (Å²) in [5, 5.41) is 7.95. The van der Waals surface area contributed by atoms with E-state index in [1.165, 1.54) is 12.3 Å². The van der Waals surface area contributed by atoms with Crippen LogP contribution < -0.4 is 16.5 Å². The van der Waals surface area contributed by atoms with E-state index in [9.17, 15) is 18.0 Å². The fraction of sp³-hybridized carbons (Fsp3) is 0.235. The van der Waals surface area contributed by atoms with Crippen LogP contribution in [0.4, 0.5) is 13.2 Å². The summed E-state index contributed by atoms with van der Waals surface area (Å²) in [4.78, 5) is 18.5. The maximum absolute atomic E-state index is 12.4. The Kier molecular flexibility index (Phi) is 6.27. The fourth-order valence-electron chi connectivity index (χ4n) is 2.39. The van der Waals surface area contributed by atoms with Crippen LogP contribution in [0.5, 0.6) is 0 Å². The molecule has 1 heterocycles. The second kappa shape index (κ2) is 8.26. The first kappa shape index (κ1) is 20.5. The zero-order valence-corrected chi connectivity index (χ0v) is 15.1. The highest BCUT2D eigenvalue weighted by molar-refractivity contribution is 6.66. The minimum absolute atomic E-state index is 0.107. The maximum Gasteiger partial charge on any atom is 0.390 e. The molecule has 0 aliphatic rings. The smallest absolute Gasteiger partial charge is 0.381 e. The molecule has 0 saturated carbocycles. The van der Waals surface area contributed by atoms with Crippen molar-refractivity contribution in [1.29, 1.82) is 0 Å². The molecule has 0 unspecified atom stereocenters. The molecule has 1 aromatic heterocycles. The third-order valence-electron chi connectivity index (χ3n) is 3.64. The molecule has 0 aliphatic heterocycles. The minimum Gasteiger partial charge on any atom is -0.381 e. The predicted molar refractivity (Wildman–Crippen MR) is 96.7 cm³/mol. The molecule has 0 aliphatic carbocycles. The molecule has 1 amide bonds. The highest BCUT2D eigenvalue weighted by Gasteiger charge is 2.26. The standard InChI is InChI=1S/C17H17ClF3N5O/c1-9-6-10(2-3-11(9)15(23)27)13-8-25-16(26-13)12(7-14(18)22)24-5-4-17(19,20)21/h2-3,6-8,22,24H,4-5H2,1H3,(H2,23,27)(H,25,26)/p+1/b12-7+,22-14?. The van der Waals surface area contributed by atoms with E-state index in [1.807, 2.05) is 0 Å². The number of H-pyrrole nitrogens is 1. The van der Waals surface area contributed by atoms with Crippen LogP contribution in [0.2, 0.25) is 0 Å². The van der Waals surface area contributed by atoms with E-state index < -0.39 is 18.5 Å². The summed E-state index contributed by atoms with van der Waals surface area (Å²) in [7, 11) is 0. The Morgan fingerprint density at radius 3 is 2.70 bits per heavy atom. The number of imidazole rings is 1. The number of allylic oxidation sites excluding steroid dienone is 1. The number of hydrogen-bond donors (Lipinski definition) is 4. The van der Waals surface area contributed by atoms with Crippen molar-refractivity contribution in [2.75, 3.05) is 6.54 Å².